The fourth-order valence-electron chi connectivity index (χ4n) is 3.02. The number of imidazole rings is 1. The van der Waals surface area contributed by atoms with Gasteiger partial charge in [0.1, 0.15) is 17.7 Å². The Labute approximate surface area is 124 Å². The third kappa shape index (κ3) is 3.16. The van der Waals surface area contributed by atoms with Crippen LogP contribution < -0.4 is 0 Å². The molecule has 1 N–H and O–H groups in total. The summed E-state index contributed by atoms with van der Waals surface area (Å²) in [5.74, 6) is 1.90. The monoisotopic (exact) mass is 290 g/mol. The number of aryl methyl sites for hydroxylation is 2. The van der Waals surface area contributed by atoms with Crippen LogP contribution in [-0.2, 0) is 13.6 Å². The summed E-state index contributed by atoms with van der Waals surface area (Å²) < 4.78 is 7.00. The number of aromatic nitrogens is 3. The number of nitrogens with zero attached hydrogens (tertiary/aromatic N) is 4. The maximum absolute atomic E-state index is 10.5. The Morgan fingerprint density at radius 1 is 1.43 bits per heavy atom. The average molecular weight is 290 g/mol. The molecule has 1 unspecified atom stereocenters. The third-order valence-electron chi connectivity index (χ3n) is 4.26. The second kappa shape index (κ2) is 5.99. The molecule has 0 saturated carbocycles. The van der Waals surface area contributed by atoms with Crippen molar-refractivity contribution in [1.82, 2.24) is 19.6 Å². The average Bonchev–Trinajstić information content (AvgIpc) is 3.08. The van der Waals surface area contributed by atoms with Crippen LogP contribution in [0.15, 0.2) is 23.0 Å². The first-order valence-electron chi connectivity index (χ1n) is 7.43. The molecule has 2 aromatic heterocycles. The van der Waals surface area contributed by atoms with E-state index in [0.29, 0.717) is 0 Å². The van der Waals surface area contributed by atoms with Crippen molar-refractivity contribution < 1.29 is 9.63 Å². The Hall–Kier alpha value is -1.66. The molecule has 1 atom stereocenters. The number of rotatable bonds is 4. The number of hydrogen-bond acceptors (Lipinski definition) is 5. The maximum Gasteiger partial charge on any atom is 0.137 e. The van der Waals surface area contributed by atoms with Crippen molar-refractivity contribution in [3.05, 3.63) is 35.7 Å². The molecule has 0 amide bonds. The minimum atomic E-state index is -0.471. The van der Waals surface area contributed by atoms with Crippen LogP contribution >= 0.6 is 0 Å². The molecule has 1 fully saturated rings. The lowest BCUT2D eigenvalue weighted by Gasteiger charge is -2.33. The van der Waals surface area contributed by atoms with Gasteiger partial charge in [-0.15, -0.1) is 0 Å². The van der Waals surface area contributed by atoms with Crippen LogP contribution in [0, 0.1) is 12.8 Å². The van der Waals surface area contributed by atoms with E-state index < -0.39 is 6.10 Å². The molecular weight excluding hydrogens is 268 g/mol. The smallest absolute Gasteiger partial charge is 0.137 e. The Kier molecular flexibility index (Phi) is 4.07. The quantitative estimate of drug-likeness (QED) is 0.927. The largest absolute Gasteiger partial charge is 0.385 e. The van der Waals surface area contributed by atoms with Crippen molar-refractivity contribution in [3.8, 4) is 0 Å². The summed E-state index contributed by atoms with van der Waals surface area (Å²) in [6.07, 6.45) is 5.10. The fraction of sp³-hybridized carbons (Fsp3) is 0.600. The zero-order valence-corrected chi connectivity index (χ0v) is 12.6. The van der Waals surface area contributed by atoms with Crippen molar-refractivity contribution in [2.24, 2.45) is 13.0 Å². The van der Waals surface area contributed by atoms with E-state index in [1.54, 1.807) is 6.20 Å². The molecule has 6 heteroatoms. The summed E-state index contributed by atoms with van der Waals surface area (Å²) in [5, 5.41) is 14.5. The SMILES string of the molecule is Cc1cc(CN2CCC(C(O)c3nccn3C)CC2)no1. The summed E-state index contributed by atoms with van der Waals surface area (Å²) in [7, 11) is 1.92. The van der Waals surface area contributed by atoms with Crippen molar-refractivity contribution in [1.29, 1.82) is 0 Å². The molecule has 21 heavy (non-hydrogen) atoms. The highest BCUT2D eigenvalue weighted by molar-refractivity contribution is 5.04. The second-order valence-corrected chi connectivity index (χ2v) is 5.88. The van der Waals surface area contributed by atoms with Gasteiger partial charge in [-0.05, 0) is 38.8 Å². The lowest BCUT2D eigenvalue weighted by molar-refractivity contribution is 0.0486. The minimum absolute atomic E-state index is 0.279. The standard InChI is InChI=1S/C15H22N4O2/c1-11-9-13(17-21-11)10-19-6-3-12(4-7-19)14(20)15-16-5-8-18(15)2/h5,8-9,12,14,20H,3-4,6-7,10H2,1-2H3. The highest BCUT2D eigenvalue weighted by Crippen LogP contribution is 2.30. The number of hydrogen-bond donors (Lipinski definition) is 1. The molecule has 0 radical (unpaired) electrons. The normalized spacial score (nSPS) is 19.0. The molecule has 1 saturated heterocycles. The van der Waals surface area contributed by atoms with Crippen molar-refractivity contribution in [2.75, 3.05) is 13.1 Å². The summed E-state index contributed by atoms with van der Waals surface area (Å²) >= 11 is 0. The molecule has 3 heterocycles. The first-order chi connectivity index (χ1) is 10.1. The van der Waals surface area contributed by atoms with Gasteiger partial charge >= 0.3 is 0 Å². The Bertz CT molecular complexity index is 584. The van der Waals surface area contributed by atoms with Gasteiger partial charge in [0.25, 0.3) is 0 Å². The van der Waals surface area contributed by atoms with E-state index in [2.05, 4.69) is 15.0 Å². The fourth-order valence-corrected chi connectivity index (χ4v) is 3.02. The molecule has 114 valence electrons. The highest BCUT2D eigenvalue weighted by Gasteiger charge is 2.28. The van der Waals surface area contributed by atoms with Crippen LogP contribution in [0.5, 0.6) is 0 Å². The van der Waals surface area contributed by atoms with E-state index in [1.807, 2.05) is 30.8 Å². The molecule has 0 aromatic carbocycles. The van der Waals surface area contributed by atoms with Gasteiger partial charge in [-0.3, -0.25) is 4.90 Å². The van der Waals surface area contributed by atoms with Gasteiger partial charge in [0.15, 0.2) is 0 Å². The topological polar surface area (TPSA) is 67.3 Å². The molecule has 0 aliphatic carbocycles. The first kappa shape index (κ1) is 14.3. The van der Waals surface area contributed by atoms with Crippen LogP contribution in [-0.4, -0.2) is 37.8 Å². The molecule has 0 spiro atoms. The van der Waals surface area contributed by atoms with Gasteiger partial charge in [0.05, 0.1) is 5.69 Å². The molecular formula is C15H22N4O2. The van der Waals surface area contributed by atoms with Gasteiger partial charge in [-0.2, -0.15) is 0 Å². The number of piperidine rings is 1. The molecule has 3 rings (SSSR count). The van der Waals surface area contributed by atoms with Crippen LogP contribution in [0.2, 0.25) is 0 Å². The van der Waals surface area contributed by atoms with E-state index in [9.17, 15) is 5.11 Å². The lowest BCUT2D eigenvalue weighted by atomic mass is 9.90. The first-order valence-corrected chi connectivity index (χ1v) is 7.43. The minimum Gasteiger partial charge on any atom is -0.385 e. The van der Waals surface area contributed by atoms with E-state index in [4.69, 9.17) is 4.52 Å². The summed E-state index contributed by atoms with van der Waals surface area (Å²) in [4.78, 5) is 6.62. The van der Waals surface area contributed by atoms with Gasteiger partial charge in [-0.1, -0.05) is 5.16 Å². The van der Waals surface area contributed by atoms with Crippen LogP contribution in [0.3, 0.4) is 0 Å². The number of aliphatic hydroxyl groups is 1. The molecule has 1 aliphatic heterocycles. The Morgan fingerprint density at radius 2 is 2.19 bits per heavy atom. The predicted octanol–water partition coefficient (Wildman–Crippen LogP) is 1.66. The van der Waals surface area contributed by atoms with Crippen LogP contribution in [0.1, 0.15) is 36.2 Å². The van der Waals surface area contributed by atoms with E-state index in [1.165, 1.54) is 0 Å². The van der Waals surface area contributed by atoms with Gasteiger partial charge in [0, 0.05) is 32.1 Å². The highest BCUT2D eigenvalue weighted by atomic mass is 16.5. The van der Waals surface area contributed by atoms with Crippen LogP contribution in [0.4, 0.5) is 0 Å². The summed E-state index contributed by atoms with van der Waals surface area (Å²) in [6, 6.07) is 1.98. The Balaban J connectivity index is 1.54. The summed E-state index contributed by atoms with van der Waals surface area (Å²) in [5.41, 5.74) is 0.982. The van der Waals surface area contributed by atoms with Gasteiger partial charge < -0.3 is 14.2 Å². The van der Waals surface area contributed by atoms with Gasteiger partial charge in [-0.25, -0.2) is 4.98 Å². The maximum atomic E-state index is 10.5. The van der Waals surface area contributed by atoms with Gasteiger partial charge in [0.2, 0.25) is 0 Å². The molecule has 1 aliphatic rings. The third-order valence-corrected chi connectivity index (χ3v) is 4.26. The number of likely N-dealkylation sites (tertiary alicyclic amines) is 1. The second-order valence-electron chi connectivity index (χ2n) is 5.88. The van der Waals surface area contributed by atoms with Crippen molar-refractivity contribution in [2.45, 2.75) is 32.4 Å². The van der Waals surface area contributed by atoms with E-state index in [-0.39, 0.29) is 5.92 Å². The van der Waals surface area contributed by atoms with E-state index in [0.717, 1.165) is 49.8 Å². The zero-order valence-electron chi connectivity index (χ0n) is 12.6. The van der Waals surface area contributed by atoms with Crippen LogP contribution in [0.25, 0.3) is 0 Å². The Morgan fingerprint density at radius 3 is 2.76 bits per heavy atom. The van der Waals surface area contributed by atoms with Crippen molar-refractivity contribution in [3.63, 3.8) is 0 Å². The van der Waals surface area contributed by atoms with Crippen molar-refractivity contribution >= 4 is 0 Å². The zero-order chi connectivity index (χ0) is 14.8. The molecule has 2 aromatic rings. The number of aliphatic hydroxyl groups excluding tert-OH is 1. The lowest BCUT2D eigenvalue weighted by Crippen LogP contribution is -2.35. The molecule has 6 nitrogen and oxygen atoms in total. The summed E-state index contributed by atoms with van der Waals surface area (Å²) in [6.45, 7) is 4.67. The molecule has 0 bridgehead atoms. The van der Waals surface area contributed by atoms with E-state index >= 15 is 0 Å². The predicted molar refractivity (Wildman–Crippen MR) is 77.4 cm³/mol.